The molecule has 0 spiro atoms. The second kappa shape index (κ2) is 6.87. The van der Waals surface area contributed by atoms with Gasteiger partial charge in [0, 0.05) is 11.8 Å². The van der Waals surface area contributed by atoms with Crippen LogP contribution in [0.4, 0.5) is 0 Å². The van der Waals surface area contributed by atoms with Crippen LogP contribution in [0.15, 0.2) is 49.2 Å². The van der Waals surface area contributed by atoms with Gasteiger partial charge < -0.3 is 0 Å². The Morgan fingerprint density at radius 3 is 2.47 bits per heavy atom. The van der Waals surface area contributed by atoms with Crippen molar-refractivity contribution in [3.8, 4) is 11.3 Å². The summed E-state index contributed by atoms with van der Waals surface area (Å²) in [5.41, 5.74) is 2.85. The fourth-order valence-corrected chi connectivity index (χ4v) is 1.67. The van der Waals surface area contributed by atoms with Gasteiger partial charge in [0.2, 0.25) is 0 Å². The lowest BCUT2D eigenvalue weighted by Gasteiger charge is -2.04. The third kappa shape index (κ3) is 3.43. The summed E-state index contributed by atoms with van der Waals surface area (Å²) in [6.45, 7) is 7.70. The molecular formula is C15H16ClN. The van der Waals surface area contributed by atoms with E-state index in [9.17, 15) is 0 Å². The van der Waals surface area contributed by atoms with Gasteiger partial charge in [0.1, 0.15) is 0 Å². The molecular weight excluding hydrogens is 230 g/mol. The maximum absolute atomic E-state index is 6.15. The minimum atomic E-state index is 0.700. The van der Waals surface area contributed by atoms with Crippen molar-refractivity contribution in [1.82, 2.24) is 4.98 Å². The molecule has 0 aliphatic heterocycles. The SMILES string of the molecule is C=Cc1ccc(-c2ccccn2)c(Cl)c1.CC. The molecule has 2 rings (SSSR count). The maximum Gasteiger partial charge on any atom is 0.0716 e. The molecule has 0 aliphatic rings. The average molecular weight is 246 g/mol. The maximum atomic E-state index is 6.15. The molecule has 0 N–H and O–H groups in total. The first kappa shape index (κ1) is 13.5. The van der Waals surface area contributed by atoms with E-state index in [2.05, 4.69) is 11.6 Å². The quantitative estimate of drug-likeness (QED) is 0.720. The third-order valence-corrected chi connectivity index (χ3v) is 2.48. The van der Waals surface area contributed by atoms with E-state index in [1.165, 1.54) is 0 Å². The lowest BCUT2D eigenvalue weighted by atomic mass is 10.1. The Labute approximate surface area is 108 Å². The van der Waals surface area contributed by atoms with Crippen LogP contribution in [0, 0.1) is 0 Å². The zero-order valence-corrected chi connectivity index (χ0v) is 10.9. The van der Waals surface area contributed by atoms with E-state index in [1.807, 2.05) is 50.2 Å². The molecule has 17 heavy (non-hydrogen) atoms. The largest absolute Gasteiger partial charge is 0.256 e. The van der Waals surface area contributed by atoms with Crippen LogP contribution in [0.2, 0.25) is 5.02 Å². The van der Waals surface area contributed by atoms with Crippen LogP contribution >= 0.6 is 11.6 Å². The van der Waals surface area contributed by atoms with Gasteiger partial charge in [-0.3, -0.25) is 4.98 Å². The van der Waals surface area contributed by atoms with Crippen LogP contribution in [-0.4, -0.2) is 4.98 Å². The number of aromatic nitrogens is 1. The molecule has 0 atom stereocenters. The highest BCUT2D eigenvalue weighted by molar-refractivity contribution is 6.33. The lowest BCUT2D eigenvalue weighted by Crippen LogP contribution is -1.84. The van der Waals surface area contributed by atoms with E-state index in [-0.39, 0.29) is 0 Å². The molecule has 0 aliphatic carbocycles. The normalized spacial score (nSPS) is 9.12. The summed E-state index contributed by atoms with van der Waals surface area (Å²) in [7, 11) is 0. The Kier molecular flexibility index (Phi) is 5.44. The zero-order chi connectivity index (χ0) is 12.7. The van der Waals surface area contributed by atoms with Crippen molar-refractivity contribution in [1.29, 1.82) is 0 Å². The van der Waals surface area contributed by atoms with Crippen LogP contribution < -0.4 is 0 Å². The summed E-state index contributed by atoms with van der Waals surface area (Å²) in [6.07, 6.45) is 3.53. The highest BCUT2D eigenvalue weighted by atomic mass is 35.5. The summed E-state index contributed by atoms with van der Waals surface area (Å²) in [6, 6.07) is 11.6. The van der Waals surface area contributed by atoms with Crippen molar-refractivity contribution in [3.05, 3.63) is 59.8 Å². The molecule has 0 bridgehead atoms. The third-order valence-electron chi connectivity index (χ3n) is 2.17. The number of nitrogens with zero attached hydrogens (tertiary/aromatic N) is 1. The molecule has 1 aromatic heterocycles. The smallest absolute Gasteiger partial charge is 0.0716 e. The van der Waals surface area contributed by atoms with Gasteiger partial charge in [-0.1, -0.05) is 56.3 Å². The first-order valence-electron chi connectivity index (χ1n) is 5.64. The fourth-order valence-electron chi connectivity index (χ4n) is 1.39. The number of rotatable bonds is 2. The minimum absolute atomic E-state index is 0.700. The Hall–Kier alpha value is -1.60. The highest BCUT2D eigenvalue weighted by Gasteiger charge is 2.03. The van der Waals surface area contributed by atoms with E-state index >= 15 is 0 Å². The van der Waals surface area contributed by atoms with Gasteiger partial charge in [-0.2, -0.15) is 0 Å². The fraction of sp³-hybridized carbons (Fsp3) is 0.133. The zero-order valence-electron chi connectivity index (χ0n) is 10.2. The van der Waals surface area contributed by atoms with Gasteiger partial charge in [-0.15, -0.1) is 0 Å². The van der Waals surface area contributed by atoms with Crippen molar-refractivity contribution < 1.29 is 0 Å². The van der Waals surface area contributed by atoms with E-state index in [1.54, 1.807) is 12.3 Å². The summed E-state index contributed by atoms with van der Waals surface area (Å²) < 4.78 is 0. The first-order valence-corrected chi connectivity index (χ1v) is 6.02. The predicted molar refractivity (Wildman–Crippen MR) is 76.1 cm³/mol. The van der Waals surface area contributed by atoms with Gasteiger partial charge in [-0.25, -0.2) is 0 Å². The summed E-state index contributed by atoms with van der Waals surface area (Å²) in [4.78, 5) is 4.26. The highest BCUT2D eigenvalue weighted by Crippen LogP contribution is 2.27. The standard InChI is InChI=1S/C13H10ClN.C2H6/c1-2-10-6-7-11(12(14)9-10)13-5-3-4-8-15-13;1-2/h2-9H,1H2;1-2H3. The van der Waals surface area contributed by atoms with Gasteiger partial charge >= 0.3 is 0 Å². The van der Waals surface area contributed by atoms with Crippen LogP contribution in [0.5, 0.6) is 0 Å². The van der Waals surface area contributed by atoms with Crippen LogP contribution in [-0.2, 0) is 0 Å². The van der Waals surface area contributed by atoms with Crippen molar-refractivity contribution in [2.75, 3.05) is 0 Å². The van der Waals surface area contributed by atoms with Crippen LogP contribution in [0.3, 0.4) is 0 Å². The summed E-state index contributed by atoms with van der Waals surface area (Å²) in [5, 5.41) is 0.700. The molecule has 0 saturated carbocycles. The molecule has 1 heterocycles. The van der Waals surface area contributed by atoms with E-state index in [4.69, 9.17) is 11.6 Å². The summed E-state index contributed by atoms with van der Waals surface area (Å²) >= 11 is 6.15. The molecule has 0 amide bonds. The molecule has 1 aromatic carbocycles. The van der Waals surface area contributed by atoms with Gasteiger partial charge in [0.25, 0.3) is 0 Å². The first-order chi connectivity index (χ1) is 8.31. The number of hydrogen-bond donors (Lipinski definition) is 0. The van der Waals surface area contributed by atoms with Gasteiger partial charge in [-0.05, 0) is 23.8 Å². The molecule has 0 unspecified atom stereocenters. The lowest BCUT2D eigenvalue weighted by molar-refractivity contribution is 1.33. The molecule has 2 aromatic rings. The Morgan fingerprint density at radius 2 is 1.94 bits per heavy atom. The van der Waals surface area contributed by atoms with Crippen molar-refractivity contribution in [2.24, 2.45) is 0 Å². The van der Waals surface area contributed by atoms with E-state index in [0.717, 1.165) is 16.8 Å². The van der Waals surface area contributed by atoms with E-state index < -0.39 is 0 Å². The van der Waals surface area contributed by atoms with Gasteiger partial charge in [0.15, 0.2) is 0 Å². The number of halogens is 1. The van der Waals surface area contributed by atoms with Crippen molar-refractivity contribution in [2.45, 2.75) is 13.8 Å². The number of hydrogen-bond acceptors (Lipinski definition) is 1. The second-order valence-electron chi connectivity index (χ2n) is 3.16. The number of benzene rings is 1. The molecule has 0 saturated heterocycles. The van der Waals surface area contributed by atoms with Crippen LogP contribution in [0.1, 0.15) is 19.4 Å². The minimum Gasteiger partial charge on any atom is -0.256 e. The molecule has 1 nitrogen and oxygen atoms in total. The topological polar surface area (TPSA) is 12.9 Å². The molecule has 0 radical (unpaired) electrons. The Balaban J connectivity index is 0.000000686. The van der Waals surface area contributed by atoms with E-state index in [0.29, 0.717) is 5.02 Å². The molecule has 0 fully saturated rings. The molecule has 88 valence electrons. The second-order valence-corrected chi connectivity index (χ2v) is 3.57. The summed E-state index contributed by atoms with van der Waals surface area (Å²) in [5.74, 6) is 0. The average Bonchev–Trinajstić information content (AvgIpc) is 2.42. The Morgan fingerprint density at radius 1 is 1.18 bits per heavy atom. The van der Waals surface area contributed by atoms with Crippen molar-refractivity contribution >= 4 is 17.7 Å². The van der Waals surface area contributed by atoms with Crippen molar-refractivity contribution in [3.63, 3.8) is 0 Å². The van der Waals surface area contributed by atoms with Gasteiger partial charge in [0.05, 0.1) is 10.7 Å². The van der Waals surface area contributed by atoms with Crippen LogP contribution in [0.25, 0.3) is 17.3 Å². The number of pyridine rings is 1. The monoisotopic (exact) mass is 245 g/mol. The molecule has 2 heteroatoms. The predicted octanol–water partition coefficient (Wildman–Crippen LogP) is 5.07. The Bertz CT molecular complexity index is 478.